The zero-order chi connectivity index (χ0) is 12.9. The minimum Gasteiger partial charge on any atom is -0.312 e. The molecule has 0 unspecified atom stereocenters. The molecular formula is C16H16N2S. The molecule has 0 spiro atoms. The molecule has 3 rings (SSSR count). The predicted molar refractivity (Wildman–Crippen MR) is 81.5 cm³/mol. The van der Waals surface area contributed by atoms with Crippen molar-refractivity contribution >= 4 is 22.2 Å². The van der Waals surface area contributed by atoms with Crippen molar-refractivity contribution in [2.75, 3.05) is 6.54 Å². The van der Waals surface area contributed by atoms with Crippen molar-refractivity contribution in [2.24, 2.45) is 0 Å². The van der Waals surface area contributed by atoms with E-state index in [1.54, 1.807) is 0 Å². The SMILES string of the molecule is c1csc(CCNCc2cccc3cccnc23)c1. The van der Waals surface area contributed by atoms with Crippen molar-refractivity contribution in [3.8, 4) is 0 Å². The standard InChI is InChI=1S/C16H16N2S/c1-4-13-6-2-9-18-16(13)14(5-1)12-17-10-8-15-7-3-11-19-15/h1-7,9,11,17H,8,10,12H2. The second kappa shape index (κ2) is 5.95. The maximum atomic E-state index is 4.47. The average molecular weight is 268 g/mol. The number of fused-ring (bicyclic) bond motifs is 1. The molecule has 2 nitrogen and oxygen atoms in total. The summed E-state index contributed by atoms with van der Waals surface area (Å²) >= 11 is 1.82. The van der Waals surface area contributed by atoms with Crippen LogP contribution in [0.4, 0.5) is 0 Å². The third-order valence-electron chi connectivity index (χ3n) is 3.16. The molecule has 0 atom stereocenters. The van der Waals surface area contributed by atoms with Gasteiger partial charge in [-0.3, -0.25) is 4.98 Å². The fourth-order valence-corrected chi connectivity index (χ4v) is 2.91. The van der Waals surface area contributed by atoms with Crippen LogP contribution >= 0.6 is 11.3 Å². The molecule has 2 aromatic heterocycles. The molecule has 96 valence electrons. The normalized spacial score (nSPS) is 10.9. The highest BCUT2D eigenvalue weighted by Gasteiger charge is 2.01. The van der Waals surface area contributed by atoms with E-state index >= 15 is 0 Å². The number of aromatic nitrogens is 1. The fourth-order valence-electron chi connectivity index (χ4n) is 2.20. The molecule has 0 bridgehead atoms. The summed E-state index contributed by atoms with van der Waals surface area (Å²) in [5.41, 5.74) is 2.37. The van der Waals surface area contributed by atoms with E-state index in [-0.39, 0.29) is 0 Å². The molecule has 2 heterocycles. The van der Waals surface area contributed by atoms with E-state index in [1.165, 1.54) is 15.8 Å². The minimum absolute atomic E-state index is 0.875. The van der Waals surface area contributed by atoms with Gasteiger partial charge >= 0.3 is 0 Å². The molecule has 0 saturated heterocycles. The molecule has 1 aromatic carbocycles. The molecule has 3 aromatic rings. The third kappa shape index (κ3) is 3.00. The van der Waals surface area contributed by atoms with Gasteiger partial charge in [0.25, 0.3) is 0 Å². The summed E-state index contributed by atoms with van der Waals surface area (Å²) in [5, 5.41) is 6.84. The highest BCUT2D eigenvalue weighted by atomic mass is 32.1. The first-order chi connectivity index (χ1) is 9.43. The van der Waals surface area contributed by atoms with Gasteiger partial charge in [-0.2, -0.15) is 0 Å². The predicted octanol–water partition coefficient (Wildman–Crippen LogP) is 3.63. The number of rotatable bonds is 5. The zero-order valence-electron chi connectivity index (χ0n) is 10.7. The van der Waals surface area contributed by atoms with Crippen LogP contribution in [0.3, 0.4) is 0 Å². The van der Waals surface area contributed by atoms with Crippen molar-refractivity contribution in [2.45, 2.75) is 13.0 Å². The van der Waals surface area contributed by atoms with Crippen LogP contribution in [0.5, 0.6) is 0 Å². The Morgan fingerprint density at radius 3 is 2.89 bits per heavy atom. The van der Waals surface area contributed by atoms with Gasteiger partial charge in [0, 0.05) is 29.5 Å². The molecule has 0 amide bonds. The number of thiophene rings is 1. The zero-order valence-corrected chi connectivity index (χ0v) is 11.5. The molecule has 0 radical (unpaired) electrons. The first-order valence-electron chi connectivity index (χ1n) is 6.49. The molecule has 0 aliphatic rings. The Bertz CT molecular complexity index is 641. The average Bonchev–Trinajstić information content (AvgIpc) is 2.97. The van der Waals surface area contributed by atoms with Crippen LogP contribution in [0.25, 0.3) is 10.9 Å². The molecule has 0 aliphatic carbocycles. The van der Waals surface area contributed by atoms with Gasteiger partial charge in [-0.05, 0) is 29.5 Å². The summed E-state index contributed by atoms with van der Waals surface area (Å²) in [4.78, 5) is 5.91. The van der Waals surface area contributed by atoms with Gasteiger partial charge in [-0.25, -0.2) is 0 Å². The van der Waals surface area contributed by atoms with Crippen LogP contribution in [-0.2, 0) is 13.0 Å². The van der Waals surface area contributed by atoms with E-state index in [4.69, 9.17) is 0 Å². The largest absolute Gasteiger partial charge is 0.312 e. The van der Waals surface area contributed by atoms with Crippen LogP contribution in [0, 0.1) is 0 Å². The summed E-state index contributed by atoms with van der Waals surface area (Å²) in [6.07, 6.45) is 2.95. The number of hydrogen-bond donors (Lipinski definition) is 1. The first kappa shape index (κ1) is 12.3. The Kier molecular flexibility index (Phi) is 3.86. The number of nitrogens with zero attached hydrogens (tertiary/aromatic N) is 1. The van der Waals surface area contributed by atoms with Gasteiger partial charge in [0.2, 0.25) is 0 Å². The number of benzene rings is 1. The van der Waals surface area contributed by atoms with Crippen LogP contribution in [0.15, 0.2) is 54.0 Å². The van der Waals surface area contributed by atoms with Crippen molar-refractivity contribution in [3.05, 3.63) is 64.5 Å². The molecule has 3 heteroatoms. The maximum absolute atomic E-state index is 4.47. The van der Waals surface area contributed by atoms with E-state index in [0.29, 0.717) is 0 Å². The second-order valence-electron chi connectivity index (χ2n) is 4.50. The van der Waals surface area contributed by atoms with Gasteiger partial charge in [0.1, 0.15) is 0 Å². The smallest absolute Gasteiger partial charge is 0.0746 e. The summed E-state index contributed by atoms with van der Waals surface area (Å²) in [7, 11) is 0. The Morgan fingerprint density at radius 1 is 1.05 bits per heavy atom. The van der Waals surface area contributed by atoms with E-state index in [9.17, 15) is 0 Å². The van der Waals surface area contributed by atoms with Gasteiger partial charge in [0.15, 0.2) is 0 Å². The Morgan fingerprint density at radius 2 is 2.00 bits per heavy atom. The highest BCUT2D eigenvalue weighted by molar-refractivity contribution is 7.09. The molecule has 0 saturated carbocycles. The van der Waals surface area contributed by atoms with Gasteiger partial charge in [0.05, 0.1) is 5.52 Å². The topological polar surface area (TPSA) is 24.9 Å². The Hall–Kier alpha value is -1.71. The Labute approximate surface area is 117 Å². The number of pyridine rings is 1. The summed E-state index contributed by atoms with van der Waals surface area (Å²) in [6.45, 7) is 1.88. The van der Waals surface area contributed by atoms with E-state index in [2.05, 4.69) is 52.1 Å². The van der Waals surface area contributed by atoms with Gasteiger partial charge in [-0.15, -0.1) is 11.3 Å². The fraction of sp³-hybridized carbons (Fsp3) is 0.188. The van der Waals surface area contributed by atoms with Crippen LogP contribution < -0.4 is 5.32 Å². The highest BCUT2D eigenvalue weighted by Crippen LogP contribution is 2.15. The molecule has 0 fully saturated rings. The summed E-state index contributed by atoms with van der Waals surface area (Å²) in [6, 6.07) is 14.7. The van der Waals surface area contributed by atoms with E-state index in [1.807, 2.05) is 23.6 Å². The molecule has 19 heavy (non-hydrogen) atoms. The third-order valence-corrected chi connectivity index (χ3v) is 4.10. The number of nitrogens with one attached hydrogen (secondary N) is 1. The molecule has 0 aliphatic heterocycles. The maximum Gasteiger partial charge on any atom is 0.0746 e. The molecular weight excluding hydrogens is 252 g/mol. The first-order valence-corrected chi connectivity index (χ1v) is 7.37. The van der Waals surface area contributed by atoms with Crippen molar-refractivity contribution < 1.29 is 0 Å². The van der Waals surface area contributed by atoms with Crippen LogP contribution in [0.1, 0.15) is 10.4 Å². The number of para-hydroxylation sites is 1. The second-order valence-corrected chi connectivity index (χ2v) is 5.53. The molecule has 1 N–H and O–H groups in total. The lowest BCUT2D eigenvalue weighted by Crippen LogP contribution is -2.16. The van der Waals surface area contributed by atoms with E-state index in [0.717, 1.165) is 25.0 Å². The quantitative estimate of drug-likeness (QED) is 0.715. The van der Waals surface area contributed by atoms with Crippen molar-refractivity contribution in [1.82, 2.24) is 10.3 Å². The lowest BCUT2D eigenvalue weighted by atomic mass is 10.1. The minimum atomic E-state index is 0.875. The number of hydrogen-bond acceptors (Lipinski definition) is 3. The van der Waals surface area contributed by atoms with Crippen molar-refractivity contribution in [1.29, 1.82) is 0 Å². The Balaban J connectivity index is 1.62. The lowest BCUT2D eigenvalue weighted by molar-refractivity contribution is 0.693. The van der Waals surface area contributed by atoms with E-state index < -0.39 is 0 Å². The van der Waals surface area contributed by atoms with Gasteiger partial charge in [-0.1, -0.05) is 30.3 Å². The lowest BCUT2D eigenvalue weighted by Gasteiger charge is -2.07. The van der Waals surface area contributed by atoms with Crippen LogP contribution in [0.2, 0.25) is 0 Å². The van der Waals surface area contributed by atoms with Crippen molar-refractivity contribution in [3.63, 3.8) is 0 Å². The summed E-state index contributed by atoms with van der Waals surface area (Å²) in [5.74, 6) is 0. The summed E-state index contributed by atoms with van der Waals surface area (Å²) < 4.78 is 0. The monoisotopic (exact) mass is 268 g/mol. The van der Waals surface area contributed by atoms with Crippen LogP contribution in [-0.4, -0.2) is 11.5 Å². The van der Waals surface area contributed by atoms with Gasteiger partial charge < -0.3 is 5.32 Å².